The Hall–Kier alpha value is -2.60. The molecule has 10 heteroatoms. The van der Waals surface area contributed by atoms with E-state index in [-0.39, 0.29) is 24.9 Å². The fourth-order valence-corrected chi connectivity index (χ4v) is 4.90. The second-order valence-electron chi connectivity index (χ2n) is 6.89. The van der Waals surface area contributed by atoms with E-state index in [0.29, 0.717) is 40.4 Å². The number of ether oxygens (including phenoxy) is 3. The van der Waals surface area contributed by atoms with Crippen LogP contribution in [-0.4, -0.2) is 48.3 Å². The van der Waals surface area contributed by atoms with Gasteiger partial charge in [0.15, 0.2) is 23.3 Å². The molecule has 1 aliphatic rings. The molecule has 1 heterocycles. The number of thioether (sulfide) groups is 1. The Morgan fingerprint density at radius 2 is 1.88 bits per heavy atom. The normalized spacial score (nSPS) is 15.8. The molecule has 0 saturated carbocycles. The molecule has 0 aromatic heterocycles. The first-order chi connectivity index (χ1) is 16.4. The van der Waals surface area contributed by atoms with Crippen LogP contribution in [0.25, 0.3) is 6.08 Å². The summed E-state index contributed by atoms with van der Waals surface area (Å²) in [7, 11) is 0. The van der Waals surface area contributed by atoms with E-state index in [1.165, 1.54) is 23.9 Å². The van der Waals surface area contributed by atoms with Gasteiger partial charge in [0.25, 0.3) is 5.91 Å². The minimum absolute atomic E-state index is 0.163. The summed E-state index contributed by atoms with van der Waals surface area (Å²) >= 11 is 3.35. The summed E-state index contributed by atoms with van der Waals surface area (Å²) in [5.74, 6) is -0.0664. The van der Waals surface area contributed by atoms with Crippen LogP contribution in [0.4, 0.5) is 10.1 Å². The third kappa shape index (κ3) is 6.50. The molecule has 180 valence electrons. The number of carbonyl (C=O) groups excluding carboxylic acids is 2. The van der Waals surface area contributed by atoms with Crippen molar-refractivity contribution in [1.29, 1.82) is 0 Å². The van der Waals surface area contributed by atoms with Gasteiger partial charge in [-0.1, -0.05) is 0 Å². The molecular formula is C24H24FIN2O5S. The first kappa shape index (κ1) is 26.0. The van der Waals surface area contributed by atoms with E-state index in [4.69, 9.17) is 14.2 Å². The van der Waals surface area contributed by atoms with Gasteiger partial charge >= 0.3 is 5.97 Å². The SMILES string of the molecule is CCOC(=O)COc1c(I)cc(/C=C2/SC(=Nc3ccc(F)cc3)N(CC)C2=O)cc1OCC. The average Bonchev–Trinajstić information content (AvgIpc) is 3.08. The molecule has 2 aromatic rings. The zero-order valence-corrected chi connectivity index (χ0v) is 21.9. The van der Waals surface area contributed by atoms with Gasteiger partial charge in [-0.15, -0.1) is 0 Å². The Balaban J connectivity index is 1.89. The van der Waals surface area contributed by atoms with Crippen molar-refractivity contribution >= 4 is 63.2 Å². The fourth-order valence-electron chi connectivity index (χ4n) is 3.06. The lowest BCUT2D eigenvalue weighted by molar-refractivity contribution is -0.145. The van der Waals surface area contributed by atoms with Gasteiger partial charge in [-0.2, -0.15) is 0 Å². The molecule has 1 fully saturated rings. The molecule has 0 aliphatic carbocycles. The Bertz CT molecular complexity index is 1120. The van der Waals surface area contributed by atoms with Crippen molar-refractivity contribution in [2.45, 2.75) is 20.8 Å². The maximum absolute atomic E-state index is 13.2. The van der Waals surface area contributed by atoms with Crippen LogP contribution in [0.2, 0.25) is 0 Å². The first-order valence-electron chi connectivity index (χ1n) is 10.7. The number of benzene rings is 2. The topological polar surface area (TPSA) is 77.4 Å². The van der Waals surface area contributed by atoms with Gasteiger partial charge in [0.05, 0.1) is 27.4 Å². The molecule has 34 heavy (non-hydrogen) atoms. The summed E-state index contributed by atoms with van der Waals surface area (Å²) in [5, 5.41) is 0.527. The summed E-state index contributed by atoms with van der Waals surface area (Å²) in [6.07, 6.45) is 1.77. The van der Waals surface area contributed by atoms with Crippen LogP contribution in [0.5, 0.6) is 11.5 Å². The van der Waals surface area contributed by atoms with Crippen LogP contribution in [0, 0.1) is 9.39 Å². The summed E-state index contributed by atoms with van der Waals surface area (Å²) in [4.78, 5) is 31.3. The van der Waals surface area contributed by atoms with Gasteiger partial charge in [0, 0.05) is 6.54 Å². The third-order valence-electron chi connectivity index (χ3n) is 4.52. The number of amidine groups is 1. The number of rotatable bonds is 9. The number of aliphatic imine (C=N–C) groups is 1. The summed E-state index contributed by atoms with van der Waals surface area (Å²) in [6.45, 7) is 6.34. The Kier molecular flexibility index (Phi) is 9.34. The van der Waals surface area contributed by atoms with Crippen molar-refractivity contribution in [2.24, 2.45) is 4.99 Å². The van der Waals surface area contributed by atoms with Gasteiger partial charge in [0.2, 0.25) is 0 Å². The number of likely N-dealkylation sites (N-methyl/N-ethyl adjacent to an activating group) is 1. The third-order valence-corrected chi connectivity index (χ3v) is 6.33. The predicted molar refractivity (Wildman–Crippen MR) is 139 cm³/mol. The minimum atomic E-state index is -0.465. The molecule has 0 radical (unpaired) electrons. The van der Waals surface area contributed by atoms with Crippen LogP contribution in [0.1, 0.15) is 26.3 Å². The Morgan fingerprint density at radius 1 is 1.15 bits per heavy atom. The number of nitrogens with zero attached hydrogens (tertiary/aromatic N) is 2. The lowest BCUT2D eigenvalue weighted by Gasteiger charge is -2.14. The van der Waals surface area contributed by atoms with Crippen molar-refractivity contribution in [3.05, 3.63) is 56.3 Å². The summed E-state index contributed by atoms with van der Waals surface area (Å²) in [5.41, 5.74) is 1.30. The molecule has 7 nitrogen and oxygen atoms in total. The Morgan fingerprint density at radius 3 is 2.53 bits per heavy atom. The highest BCUT2D eigenvalue weighted by molar-refractivity contribution is 14.1. The van der Waals surface area contributed by atoms with Crippen LogP contribution < -0.4 is 9.47 Å². The smallest absolute Gasteiger partial charge is 0.344 e. The monoisotopic (exact) mass is 598 g/mol. The molecule has 2 aromatic carbocycles. The van der Waals surface area contributed by atoms with Gasteiger partial charge < -0.3 is 14.2 Å². The van der Waals surface area contributed by atoms with Crippen molar-refractivity contribution in [2.75, 3.05) is 26.4 Å². The zero-order chi connectivity index (χ0) is 24.7. The molecule has 1 aliphatic heterocycles. The van der Waals surface area contributed by atoms with Gasteiger partial charge in [0.1, 0.15) is 5.82 Å². The highest BCUT2D eigenvalue weighted by atomic mass is 127. The number of esters is 1. The van der Waals surface area contributed by atoms with Crippen molar-refractivity contribution in [1.82, 2.24) is 4.90 Å². The van der Waals surface area contributed by atoms with E-state index < -0.39 is 5.97 Å². The first-order valence-corrected chi connectivity index (χ1v) is 12.6. The van der Waals surface area contributed by atoms with E-state index >= 15 is 0 Å². The lowest BCUT2D eigenvalue weighted by atomic mass is 10.2. The van der Waals surface area contributed by atoms with Crippen molar-refractivity contribution < 1.29 is 28.2 Å². The summed E-state index contributed by atoms with van der Waals surface area (Å²) < 4.78 is 30.2. The van der Waals surface area contributed by atoms with E-state index in [9.17, 15) is 14.0 Å². The molecule has 0 spiro atoms. The van der Waals surface area contributed by atoms with Gasteiger partial charge in [-0.05, 0) is 103 Å². The van der Waals surface area contributed by atoms with Crippen LogP contribution in [-0.2, 0) is 14.3 Å². The Labute approximate surface area is 215 Å². The number of amides is 1. The lowest BCUT2D eigenvalue weighted by Crippen LogP contribution is -2.28. The van der Waals surface area contributed by atoms with Crippen LogP contribution in [0.3, 0.4) is 0 Å². The fraction of sp³-hybridized carbons (Fsp3) is 0.292. The highest BCUT2D eigenvalue weighted by Gasteiger charge is 2.32. The van der Waals surface area contributed by atoms with Crippen molar-refractivity contribution in [3.8, 4) is 11.5 Å². The molecule has 1 amide bonds. The molecule has 0 atom stereocenters. The van der Waals surface area contributed by atoms with Crippen LogP contribution in [0.15, 0.2) is 46.3 Å². The quantitative estimate of drug-likeness (QED) is 0.219. The molecule has 0 unspecified atom stereocenters. The average molecular weight is 598 g/mol. The molecule has 0 N–H and O–H groups in total. The number of halogens is 2. The second kappa shape index (κ2) is 12.2. The van der Waals surface area contributed by atoms with E-state index in [1.54, 1.807) is 36.1 Å². The molecule has 0 bridgehead atoms. The number of hydrogen-bond acceptors (Lipinski definition) is 7. The zero-order valence-electron chi connectivity index (χ0n) is 19.0. The maximum Gasteiger partial charge on any atom is 0.344 e. The maximum atomic E-state index is 13.2. The minimum Gasteiger partial charge on any atom is -0.490 e. The van der Waals surface area contributed by atoms with Crippen LogP contribution >= 0.6 is 34.4 Å². The van der Waals surface area contributed by atoms with E-state index in [0.717, 1.165) is 9.13 Å². The molecule has 1 saturated heterocycles. The molecule has 3 rings (SSSR count). The summed E-state index contributed by atoms with van der Waals surface area (Å²) in [6, 6.07) is 9.39. The largest absolute Gasteiger partial charge is 0.490 e. The van der Waals surface area contributed by atoms with E-state index in [1.807, 2.05) is 19.9 Å². The predicted octanol–water partition coefficient (Wildman–Crippen LogP) is 5.39. The van der Waals surface area contributed by atoms with Gasteiger partial charge in [-0.3, -0.25) is 9.69 Å². The standard InChI is InChI=1S/C24H24FIN2O5S/c1-4-28-23(30)20(34-24(28)27-17-9-7-16(25)8-10-17)13-15-11-18(26)22(19(12-15)31-5-2)33-14-21(29)32-6-3/h7-13H,4-6,14H2,1-3H3/b20-13+,27-24?. The van der Waals surface area contributed by atoms with E-state index in [2.05, 4.69) is 27.6 Å². The molecular weight excluding hydrogens is 574 g/mol. The van der Waals surface area contributed by atoms with Gasteiger partial charge in [-0.25, -0.2) is 14.2 Å². The second-order valence-corrected chi connectivity index (χ2v) is 9.06. The highest BCUT2D eigenvalue weighted by Crippen LogP contribution is 2.38. The number of hydrogen-bond donors (Lipinski definition) is 0. The number of carbonyl (C=O) groups is 2. The van der Waals surface area contributed by atoms with Crippen molar-refractivity contribution in [3.63, 3.8) is 0 Å².